The molecule has 3 heterocycles. The molecular formula is C12H13N5S. The first kappa shape index (κ1) is 10.3. The maximum Gasteiger partial charge on any atom is 0.195 e. The summed E-state index contributed by atoms with van der Waals surface area (Å²) in [6, 6.07) is 0.699. The van der Waals surface area contributed by atoms with Crippen molar-refractivity contribution >= 4 is 16.3 Å². The number of imidazole rings is 2. The van der Waals surface area contributed by atoms with Crippen molar-refractivity contribution in [2.75, 3.05) is 0 Å². The predicted molar refractivity (Wildman–Crippen MR) is 70.1 cm³/mol. The van der Waals surface area contributed by atoms with Gasteiger partial charge < -0.3 is 5.32 Å². The van der Waals surface area contributed by atoms with Gasteiger partial charge in [-0.1, -0.05) is 0 Å². The van der Waals surface area contributed by atoms with E-state index in [-0.39, 0.29) is 0 Å². The van der Waals surface area contributed by atoms with Crippen LogP contribution in [0.3, 0.4) is 0 Å². The Balaban J connectivity index is 1.79. The fourth-order valence-corrected chi connectivity index (χ4v) is 2.83. The molecular weight excluding hydrogens is 246 g/mol. The van der Waals surface area contributed by atoms with Crippen molar-refractivity contribution < 1.29 is 0 Å². The number of nitrogens with one attached hydrogen (secondary N) is 1. The van der Waals surface area contributed by atoms with Crippen molar-refractivity contribution in [2.45, 2.75) is 25.4 Å². The van der Waals surface area contributed by atoms with Gasteiger partial charge in [-0.3, -0.25) is 8.97 Å². The quantitative estimate of drug-likeness (QED) is 0.777. The second-order valence-corrected chi connectivity index (χ2v) is 5.44. The van der Waals surface area contributed by atoms with Gasteiger partial charge in [0.1, 0.15) is 6.33 Å². The molecule has 0 atom stereocenters. The van der Waals surface area contributed by atoms with Crippen molar-refractivity contribution in [3.05, 3.63) is 36.0 Å². The van der Waals surface area contributed by atoms with E-state index in [4.69, 9.17) is 0 Å². The van der Waals surface area contributed by atoms with Gasteiger partial charge in [-0.25, -0.2) is 9.97 Å². The van der Waals surface area contributed by atoms with Crippen molar-refractivity contribution in [3.8, 4) is 5.82 Å². The third-order valence-electron chi connectivity index (χ3n) is 3.22. The molecule has 0 spiro atoms. The van der Waals surface area contributed by atoms with Gasteiger partial charge in [-0.15, -0.1) is 11.3 Å². The number of fused-ring (bicyclic) bond motifs is 1. The Kier molecular flexibility index (Phi) is 2.24. The van der Waals surface area contributed by atoms with Crippen molar-refractivity contribution in [1.82, 2.24) is 24.3 Å². The Morgan fingerprint density at radius 1 is 1.39 bits per heavy atom. The molecule has 1 N–H and O–H groups in total. The van der Waals surface area contributed by atoms with E-state index >= 15 is 0 Å². The lowest BCUT2D eigenvalue weighted by molar-refractivity contribution is 0.667. The van der Waals surface area contributed by atoms with Crippen LogP contribution < -0.4 is 5.32 Å². The fraction of sp³-hybridized carbons (Fsp3) is 0.333. The van der Waals surface area contributed by atoms with Crippen LogP contribution in [0.2, 0.25) is 0 Å². The zero-order valence-electron chi connectivity index (χ0n) is 9.78. The second kappa shape index (κ2) is 3.93. The van der Waals surface area contributed by atoms with E-state index in [2.05, 4.69) is 31.3 Å². The SMILES string of the molecule is c1cn(-c2nc3sccn3c2CNC2CC2)cn1. The minimum Gasteiger partial charge on any atom is -0.308 e. The molecule has 1 aliphatic rings. The van der Waals surface area contributed by atoms with Crippen LogP contribution >= 0.6 is 11.3 Å². The molecule has 0 amide bonds. The lowest BCUT2D eigenvalue weighted by atomic mass is 10.4. The third kappa shape index (κ3) is 1.65. The number of hydrogen-bond acceptors (Lipinski definition) is 4. The van der Waals surface area contributed by atoms with Crippen molar-refractivity contribution in [2.24, 2.45) is 0 Å². The van der Waals surface area contributed by atoms with Gasteiger partial charge in [0.05, 0.1) is 5.69 Å². The fourth-order valence-electron chi connectivity index (χ4n) is 2.11. The Morgan fingerprint density at radius 3 is 3.11 bits per heavy atom. The van der Waals surface area contributed by atoms with Gasteiger partial charge in [0.2, 0.25) is 0 Å². The molecule has 18 heavy (non-hydrogen) atoms. The summed E-state index contributed by atoms with van der Waals surface area (Å²) < 4.78 is 4.14. The lowest BCUT2D eigenvalue weighted by Crippen LogP contribution is -2.17. The average Bonchev–Trinajstić information content (AvgIpc) is 2.83. The van der Waals surface area contributed by atoms with Crippen LogP contribution in [0.5, 0.6) is 0 Å². The number of aromatic nitrogens is 4. The molecule has 0 aliphatic heterocycles. The van der Waals surface area contributed by atoms with E-state index in [0.29, 0.717) is 6.04 Å². The number of thiazole rings is 1. The van der Waals surface area contributed by atoms with Gasteiger partial charge in [-0.2, -0.15) is 0 Å². The number of rotatable bonds is 4. The van der Waals surface area contributed by atoms with Crippen LogP contribution in [-0.4, -0.2) is 25.0 Å². The highest BCUT2D eigenvalue weighted by Crippen LogP contribution is 2.23. The topological polar surface area (TPSA) is 47.1 Å². The maximum absolute atomic E-state index is 4.68. The molecule has 0 bridgehead atoms. The predicted octanol–water partition coefficient (Wildman–Crippen LogP) is 1.83. The highest BCUT2D eigenvalue weighted by Gasteiger charge is 2.22. The van der Waals surface area contributed by atoms with E-state index in [1.54, 1.807) is 23.9 Å². The van der Waals surface area contributed by atoms with E-state index < -0.39 is 0 Å². The molecule has 92 valence electrons. The van der Waals surface area contributed by atoms with E-state index in [9.17, 15) is 0 Å². The summed E-state index contributed by atoms with van der Waals surface area (Å²) in [5.41, 5.74) is 1.20. The summed E-state index contributed by atoms with van der Waals surface area (Å²) >= 11 is 1.66. The Hall–Kier alpha value is -1.66. The van der Waals surface area contributed by atoms with Gasteiger partial charge in [-0.05, 0) is 12.8 Å². The van der Waals surface area contributed by atoms with Crippen LogP contribution in [0.4, 0.5) is 0 Å². The molecule has 3 aromatic heterocycles. The first-order valence-electron chi connectivity index (χ1n) is 6.08. The molecule has 4 rings (SSSR count). The standard InChI is InChI=1S/C12H13N5S/c1-2-9(1)14-7-10-11(16-4-3-13-8-16)15-12-17(10)5-6-18-12/h3-6,8-9,14H,1-2,7H2. The molecule has 3 aromatic rings. The minimum absolute atomic E-state index is 0.699. The van der Waals surface area contributed by atoms with Crippen LogP contribution in [-0.2, 0) is 6.54 Å². The molecule has 6 heteroatoms. The maximum atomic E-state index is 4.68. The highest BCUT2D eigenvalue weighted by atomic mass is 32.1. The Labute approximate surface area is 108 Å². The molecule has 0 saturated heterocycles. The normalized spacial score (nSPS) is 15.6. The van der Waals surface area contributed by atoms with Crippen LogP contribution in [0.25, 0.3) is 10.8 Å². The Morgan fingerprint density at radius 2 is 2.33 bits per heavy atom. The summed E-state index contributed by atoms with van der Waals surface area (Å²) in [5.74, 6) is 0.979. The molecule has 1 aliphatic carbocycles. The Bertz CT molecular complexity index is 662. The molecule has 1 saturated carbocycles. The first-order chi connectivity index (χ1) is 8.92. The van der Waals surface area contributed by atoms with Crippen molar-refractivity contribution in [3.63, 3.8) is 0 Å². The van der Waals surface area contributed by atoms with Crippen LogP contribution in [0.1, 0.15) is 18.5 Å². The largest absolute Gasteiger partial charge is 0.308 e. The molecule has 0 radical (unpaired) electrons. The zero-order chi connectivity index (χ0) is 11.9. The summed E-state index contributed by atoms with van der Waals surface area (Å²) in [4.78, 5) is 9.81. The van der Waals surface area contributed by atoms with E-state index in [1.807, 2.05) is 10.8 Å². The second-order valence-electron chi connectivity index (χ2n) is 4.56. The molecule has 5 nitrogen and oxygen atoms in total. The smallest absolute Gasteiger partial charge is 0.195 e. The highest BCUT2D eigenvalue weighted by molar-refractivity contribution is 7.15. The molecule has 0 unspecified atom stereocenters. The monoisotopic (exact) mass is 259 g/mol. The van der Waals surface area contributed by atoms with E-state index in [1.165, 1.54) is 18.5 Å². The van der Waals surface area contributed by atoms with Crippen LogP contribution in [0.15, 0.2) is 30.3 Å². The summed E-state index contributed by atoms with van der Waals surface area (Å²) in [7, 11) is 0. The summed E-state index contributed by atoms with van der Waals surface area (Å²) in [6.07, 6.45) is 10.2. The lowest BCUT2D eigenvalue weighted by Gasteiger charge is -2.05. The minimum atomic E-state index is 0.699. The number of hydrogen-bond donors (Lipinski definition) is 1. The van der Waals surface area contributed by atoms with Gasteiger partial charge in [0.15, 0.2) is 10.8 Å². The number of nitrogens with zero attached hydrogens (tertiary/aromatic N) is 4. The summed E-state index contributed by atoms with van der Waals surface area (Å²) in [6.45, 7) is 0.857. The zero-order valence-corrected chi connectivity index (χ0v) is 10.6. The van der Waals surface area contributed by atoms with Gasteiger partial charge in [0, 0.05) is 36.6 Å². The van der Waals surface area contributed by atoms with Gasteiger partial charge >= 0.3 is 0 Å². The van der Waals surface area contributed by atoms with Crippen LogP contribution in [0, 0.1) is 0 Å². The van der Waals surface area contributed by atoms with E-state index in [0.717, 1.165) is 17.3 Å². The summed E-state index contributed by atoms with van der Waals surface area (Å²) in [5, 5.41) is 5.62. The molecule has 1 fully saturated rings. The van der Waals surface area contributed by atoms with Crippen molar-refractivity contribution in [1.29, 1.82) is 0 Å². The average molecular weight is 259 g/mol. The molecule has 0 aromatic carbocycles. The third-order valence-corrected chi connectivity index (χ3v) is 3.98. The van der Waals surface area contributed by atoms with Gasteiger partial charge in [0.25, 0.3) is 0 Å². The first-order valence-corrected chi connectivity index (χ1v) is 6.96.